The van der Waals surface area contributed by atoms with E-state index in [1.165, 1.54) is 23.7 Å². The Hall–Kier alpha value is -2.32. The number of rotatable bonds is 5. The average Bonchev–Trinajstić information content (AvgIpc) is 2.55. The highest BCUT2D eigenvalue weighted by atomic mass is 35.5. The Morgan fingerprint density at radius 1 is 1.36 bits per heavy atom. The van der Waals surface area contributed by atoms with Gasteiger partial charge in [-0.05, 0) is 18.6 Å². The van der Waals surface area contributed by atoms with E-state index in [0.29, 0.717) is 13.0 Å². The number of hydrogen-bond acceptors (Lipinski definition) is 5. The number of amides is 1. The van der Waals surface area contributed by atoms with Crippen LogP contribution in [-0.4, -0.2) is 27.5 Å². The lowest BCUT2D eigenvalue weighted by molar-refractivity contribution is 0.0988. The van der Waals surface area contributed by atoms with E-state index in [4.69, 9.17) is 28.9 Å². The highest BCUT2D eigenvalue weighted by Crippen LogP contribution is 2.22. The second-order valence-electron chi connectivity index (χ2n) is 5.33. The SMILES string of the molecule is CCCCn1c(N)c(N(C)C(=O)c2nc(Cl)ccc2Cl)c(=O)[nH]c1=O. The lowest BCUT2D eigenvalue weighted by Crippen LogP contribution is -2.39. The van der Waals surface area contributed by atoms with E-state index in [1.54, 1.807) is 0 Å². The molecule has 3 N–H and O–H groups in total. The number of nitrogens with two attached hydrogens (primary N) is 1. The fourth-order valence-electron chi connectivity index (χ4n) is 2.27. The van der Waals surface area contributed by atoms with Gasteiger partial charge in [0.05, 0.1) is 5.02 Å². The molecule has 0 aromatic carbocycles. The van der Waals surface area contributed by atoms with Crippen LogP contribution in [-0.2, 0) is 6.54 Å². The molecule has 134 valence electrons. The number of carbonyl (C=O) groups excluding carboxylic acids is 1. The van der Waals surface area contributed by atoms with Gasteiger partial charge < -0.3 is 10.6 Å². The van der Waals surface area contributed by atoms with Crippen LogP contribution in [0.2, 0.25) is 10.2 Å². The maximum Gasteiger partial charge on any atom is 0.330 e. The zero-order valence-electron chi connectivity index (χ0n) is 13.7. The standard InChI is InChI=1S/C15H17Cl2N5O3/c1-3-4-7-22-12(18)11(13(23)20-15(22)25)21(2)14(24)10-8(16)5-6-9(17)19-10/h5-6H,3-4,7,18H2,1-2H3,(H,20,23,25). The maximum absolute atomic E-state index is 12.7. The molecule has 2 rings (SSSR count). The second kappa shape index (κ2) is 7.71. The molecule has 0 unspecified atom stereocenters. The smallest absolute Gasteiger partial charge is 0.330 e. The number of unbranched alkanes of at least 4 members (excludes halogenated alkanes) is 1. The van der Waals surface area contributed by atoms with E-state index in [-0.39, 0.29) is 27.4 Å². The fourth-order valence-corrected chi connectivity index (χ4v) is 2.60. The van der Waals surface area contributed by atoms with Gasteiger partial charge in [0, 0.05) is 13.6 Å². The Morgan fingerprint density at radius 2 is 2.04 bits per heavy atom. The van der Waals surface area contributed by atoms with Gasteiger partial charge in [0.25, 0.3) is 11.5 Å². The van der Waals surface area contributed by atoms with Gasteiger partial charge in [0.2, 0.25) is 0 Å². The van der Waals surface area contributed by atoms with Crippen molar-refractivity contribution in [2.75, 3.05) is 17.7 Å². The van der Waals surface area contributed by atoms with E-state index >= 15 is 0 Å². The Balaban J connectivity index is 2.53. The van der Waals surface area contributed by atoms with E-state index < -0.39 is 17.2 Å². The molecule has 0 aliphatic rings. The van der Waals surface area contributed by atoms with Crippen molar-refractivity contribution in [3.8, 4) is 0 Å². The molecule has 0 aliphatic carbocycles. The minimum absolute atomic E-state index is 0.0792. The van der Waals surface area contributed by atoms with Crippen molar-refractivity contribution in [1.29, 1.82) is 0 Å². The topological polar surface area (TPSA) is 114 Å². The van der Waals surface area contributed by atoms with E-state index in [9.17, 15) is 14.4 Å². The average molecular weight is 386 g/mol. The number of nitrogen functional groups attached to an aromatic ring is 1. The summed E-state index contributed by atoms with van der Waals surface area (Å²) in [5.41, 5.74) is 4.30. The van der Waals surface area contributed by atoms with Gasteiger partial charge >= 0.3 is 5.69 Å². The molecule has 8 nitrogen and oxygen atoms in total. The van der Waals surface area contributed by atoms with Crippen LogP contribution in [0.5, 0.6) is 0 Å². The third-order valence-electron chi connectivity index (χ3n) is 3.60. The van der Waals surface area contributed by atoms with Crippen molar-refractivity contribution in [2.45, 2.75) is 26.3 Å². The first-order valence-electron chi connectivity index (χ1n) is 7.50. The van der Waals surface area contributed by atoms with E-state index in [0.717, 1.165) is 11.3 Å². The summed E-state index contributed by atoms with van der Waals surface area (Å²) < 4.78 is 1.22. The summed E-state index contributed by atoms with van der Waals surface area (Å²) in [6.45, 7) is 2.28. The molecule has 0 fully saturated rings. The van der Waals surface area contributed by atoms with Gasteiger partial charge in [-0.15, -0.1) is 0 Å². The summed E-state index contributed by atoms with van der Waals surface area (Å²) in [4.78, 5) is 43.9. The van der Waals surface area contributed by atoms with E-state index in [2.05, 4.69) is 9.97 Å². The largest absolute Gasteiger partial charge is 0.383 e. The molecule has 0 spiro atoms. The molecule has 25 heavy (non-hydrogen) atoms. The van der Waals surface area contributed by atoms with E-state index in [1.807, 2.05) is 6.92 Å². The first-order chi connectivity index (χ1) is 11.8. The number of H-pyrrole nitrogens is 1. The van der Waals surface area contributed by atoms with Crippen molar-refractivity contribution in [3.05, 3.63) is 48.8 Å². The quantitative estimate of drug-likeness (QED) is 0.762. The van der Waals surface area contributed by atoms with Gasteiger partial charge in [-0.1, -0.05) is 36.5 Å². The molecular weight excluding hydrogens is 369 g/mol. The van der Waals surface area contributed by atoms with Crippen LogP contribution in [0, 0.1) is 0 Å². The van der Waals surface area contributed by atoms with Crippen LogP contribution < -0.4 is 21.9 Å². The normalized spacial score (nSPS) is 10.7. The molecule has 1 amide bonds. The highest BCUT2D eigenvalue weighted by Gasteiger charge is 2.24. The van der Waals surface area contributed by atoms with Crippen molar-refractivity contribution in [1.82, 2.24) is 14.5 Å². The van der Waals surface area contributed by atoms with Gasteiger partial charge in [-0.25, -0.2) is 9.78 Å². The number of pyridine rings is 1. The number of nitrogens with zero attached hydrogens (tertiary/aromatic N) is 3. The molecule has 0 atom stereocenters. The summed E-state index contributed by atoms with van der Waals surface area (Å²) in [5.74, 6) is -0.776. The highest BCUT2D eigenvalue weighted by molar-refractivity contribution is 6.35. The van der Waals surface area contributed by atoms with Crippen molar-refractivity contribution >= 4 is 40.6 Å². The molecule has 0 saturated heterocycles. The Morgan fingerprint density at radius 3 is 2.68 bits per heavy atom. The Bertz CT molecular complexity index is 922. The van der Waals surface area contributed by atoms with Crippen molar-refractivity contribution in [3.63, 3.8) is 0 Å². The Labute approximate surface area is 153 Å². The maximum atomic E-state index is 12.7. The number of hydrogen-bond donors (Lipinski definition) is 2. The molecule has 2 heterocycles. The first-order valence-corrected chi connectivity index (χ1v) is 8.26. The minimum Gasteiger partial charge on any atom is -0.383 e. The third kappa shape index (κ3) is 3.85. The molecule has 2 aromatic heterocycles. The minimum atomic E-state index is -0.774. The molecule has 0 bridgehead atoms. The molecule has 0 saturated carbocycles. The molecule has 2 aromatic rings. The number of carbonyl (C=O) groups is 1. The van der Waals surface area contributed by atoms with Crippen LogP contribution in [0.4, 0.5) is 11.5 Å². The number of nitrogens with one attached hydrogen (secondary N) is 1. The predicted octanol–water partition coefficient (Wildman–Crippen LogP) is 1.90. The van der Waals surface area contributed by atoms with Gasteiger partial charge in [0.1, 0.15) is 16.7 Å². The van der Waals surface area contributed by atoms with Crippen LogP contribution >= 0.6 is 23.2 Å². The summed E-state index contributed by atoms with van der Waals surface area (Å²) in [6.07, 6.45) is 1.52. The zero-order valence-corrected chi connectivity index (χ0v) is 15.2. The first kappa shape index (κ1) is 19.0. The molecule has 0 aliphatic heterocycles. The number of anilines is 2. The summed E-state index contributed by atoms with van der Waals surface area (Å²) in [6, 6.07) is 2.86. The Kier molecular flexibility index (Phi) is 5.86. The lowest BCUT2D eigenvalue weighted by atomic mass is 10.3. The second-order valence-corrected chi connectivity index (χ2v) is 6.12. The molecule has 0 radical (unpaired) electrons. The summed E-state index contributed by atoms with van der Waals surface area (Å²) in [7, 11) is 1.34. The van der Waals surface area contributed by atoms with Gasteiger partial charge in [0.15, 0.2) is 5.69 Å². The van der Waals surface area contributed by atoms with Crippen LogP contribution in [0.15, 0.2) is 21.7 Å². The third-order valence-corrected chi connectivity index (χ3v) is 4.12. The number of aromatic nitrogens is 3. The van der Waals surface area contributed by atoms with Crippen LogP contribution in [0.3, 0.4) is 0 Å². The van der Waals surface area contributed by atoms with Crippen LogP contribution in [0.25, 0.3) is 0 Å². The van der Waals surface area contributed by atoms with Crippen molar-refractivity contribution in [2.24, 2.45) is 0 Å². The van der Waals surface area contributed by atoms with Gasteiger partial charge in [-0.3, -0.25) is 19.1 Å². The van der Waals surface area contributed by atoms with Crippen molar-refractivity contribution < 1.29 is 4.79 Å². The summed E-state index contributed by atoms with van der Waals surface area (Å²) >= 11 is 11.8. The monoisotopic (exact) mass is 385 g/mol. The summed E-state index contributed by atoms with van der Waals surface area (Å²) in [5, 5.41) is 0.159. The number of aromatic amines is 1. The number of halogens is 2. The lowest BCUT2D eigenvalue weighted by Gasteiger charge is -2.20. The zero-order chi connectivity index (χ0) is 18.7. The fraction of sp³-hybridized carbons (Fsp3) is 0.333. The van der Waals surface area contributed by atoms with Gasteiger partial charge in [-0.2, -0.15) is 0 Å². The molecule has 10 heteroatoms. The predicted molar refractivity (Wildman–Crippen MR) is 97.6 cm³/mol. The van der Waals surface area contributed by atoms with Crippen LogP contribution in [0.1, 0.15) is 30.3 Å². The molecular formula is C15H17Cl2N5O3.